The van der Waals surface area contributed by atoms with Crippen molar-refractivity contribution < 1.29 is 9.84 Å². The molecule has 0 amide bonds. The van der Waals surface area contributed by atoms with Gasteiger partial charge in [-0.2, -0.15) is 0 Å². The normalized spacial score (nSPS) is 18.1. The van der Waals surface area contributed by atoms with Crippen LogP contribution in [0.5, 0.6) is 5.75 Å². The molecule has 0 saturated heterocycles. The number of hydrogen-bond acceptors (Lipinski definition) is 3. The van der Waals surface area contributed by atoms with E-state index in [0.717, 1.165) is 37.1 Å². The first-order valence-corrected chi connectivity index (χ1v) is 6.72. The van der Waals surface area contributed by atoms with E-state index in [0.29, 0.717) is 6.61 Å². The average Bonchev–Trinajstić information content (AvgIpc) is 2.92. The summed E-state index contributed by atoms with van der Waals surface area (Å²) >= 11 is 0. The lowest BCUT2D eigenvalue weighted by atomic mass is 9.89. The number of aliphatic hydroxyl groups excluding tert-OH is 1. The minimum Gasteiger partial charge on any atom is -0.492 e. The highest BCUT2D eigenvalue weighted by Gasteiger charge is 2.17. The molecule has 19 heavy (non-hydrogen) atoms. The zero-order valence-electron chi connectivity index (χ0n) is 10.8. The summed E-state index contributed by atoms with van der Waals surface area (Å²) in [6, 6.07) is 6.00. The molecule has 4 heteroatoms. The SMILES string of the molecule is OC1CCCc2cc(OCCn3ccnc3)ccc21. The fourth-order valence-corrected chi connectivity index (χ4v) is 2.54. The number of fused-ring (bicyclic) bond motifs is 1. The van der Waals surface area contributed by atoms with Crippen LogP contribution in [0.1, 0.15) is 30.1 Å². The molecule has 1 aromatic carbocycles. The number of ether oxygens (including phenoxy) is 1. The van der Waals surface area contributed by atoms with E-state index >= 15 is 0 Å². The highest BCUT2D eigenvalue weighted by atomic mass is 16.5. The van der Waals surface area contributed by atoms with E-state index < -0.39 is 0 Å². The van der Waals surface area contributed by atoms with E-state index in [4.69, 9.17) is 4.74 Å². The van der Waals surface area contributed by atoms with Gasteiger partial charge in [0.15, 0.2) is 0 Å². The number of imidazole rings is 1. The Kier molecular flexibility index (Phi) is 3.51. The molecule has 4 nitrogen and oxygen atoms in total. The van der Waals surface area contributed by atoms with Crippen molar-refractivity contribution in [3.63, 3.8) is 0 Å². The lowest BCUT2D eigenvalue weighted by molar-refractivity contribution is 0.156. The van der Waals surface area contributed by atoms with Crippen molar-refractivity contribution in [1.82, 2.24) is 9.55 Å². The van der Waals surface area contributed by atoms with Gasteiger partial charge in [0.1, 0.15) is 12.4 Å². The number of benzene rings is 1. The molecular weight excluding hydrogens is 240 g/mol. The molecular formula is C15H18N2O2. The van der Waals surface area contributed by atoms with Crippen molar-refractivity contribution in [3.05, 3.63) is 48.0 Å². The third kappa shape index (κ3) is 2.79. The number of aromatic nitrogens is 2. The number of nitrogens with zero attached hydrogens (tertiary/aromatic N) is 2. The van der Waals surface area contributed by atoms with Gasteiger partial charge in [-0.1, -0.05) is 6.07 Å². The third-order valence-corrected chi connectivity index (χ3v) is 3.57. The monoisotopic (exact) mass is 258 g/mol. The second kappa shape index (κ2) is 5.45. The van der Waals surface area contributed by atoms with Gasteiger partial charge in [-0.15, -0.1) is 0 Å². The Balaban J connectivity index is 1.62. The van der Waals surface area contributed by atoms with Crippen molar-refractivity contribution in [2.75, 3.05) is 6.61 Å². The van der Waals surface area contributed by atoms with Gasteiger partial charge < -0.3 is 14.4 Å². The predicted octanol–water partition coefficient (Wildman–Crippen LogP) is 2.33. The van der Waals surface area contributed by atoms with Crippen molar-refractivity contribution in [2.45, 2.75) is 31.9 Å². The van der Waals surface area contributed by atoms with Gasteiger partial charge in [0.25, 0.3) is 0 Å². The Labute approximate surface area is 112 Å². The quantitative estimate of drug-likeness (QED) is 0.915. The molecule has 1 unspecified atom stereocenters. The number of rotatable bonds is 4. The zero-order chi connectivity index (χ0) is 13.1. The summed E-state index contributed by atoms with van der Waals surface area (Å²) in [4.78, 5) is 3.99. The molecule has 1 aliphatic rings. The van der Waals surface area contributed by atoms with Gasteiger partial charge in [0.2, 0.25) is 0 Å². The van der Waals surface area contributed by atoms with E-state index in [2.05, 4.69) is 11.1 Å². The van der Waals surface area contributed by atoms with Gasteiger partial charge in [0.05, 0.1) is 19.0 Å². The Bertz CT molecular complexity index is 537. The van der Waals surface area contributed by atoms with Gasteiger partial charge in [-0.25, -0.2) is 4.98 Å². The van der Waals surface area contributed by atoms with E-state index in [1.807, 2.05) is 22.9 Å². The fraction of sp³-hybridized carbons (Fsp3) is 0.400. The average molecular weight is 258 g/mol. The van der Waals surface area contributed by atoms with Crippen LogP contribution >= 0.6 is 0 Å². The molecule has 1 N–H and O–H groups in total. The van der Waals surface area contributed by atoms with Gasteiger partial charge in [0, 0.05) is 12.4 Å². The molecule has 0 spiro atoms. The third-order valence-electron chi connectivity index (χ3n) is 3.57. The maximum Gasteiger partial charge on any atom is 0.119 e. The Hall–Kier alpha value is -1.81. The maximum absolute atomic E-state index is 9.90. The molecule has 1 aromatic heterocycles. The molecule has 100 valence electrons. The van der Waals surface area contributed by atoms with Crippen LogP contribution in [-0.4, -0.2) is 21.3 Å². The van der Waals surface area contributed by atoms with Crippen molar-refractivity contribution in [1.29, 1.82) is 0 Å². The highest BCUT2D eigenvalue weighted by molar-refractivity contribution is 5.38. The van der Waals surface area contributed by atoms with Gasteiger partial charge >= 0.3 is 0 Å². The molecule has 0 bridgehead atoms. The molecule has 0 saturated carbocycles. The summed E-state index contributed by atoms with van der Waals surface area (Å²) < 4.78 is 7.74. The van der Waals surface area contributed by atoms with Crippen LogP contribution in [0.4, 0.5) is 0 Å². The lowest BCUT2D eigenvalue weighted by Crippen LogP contribution is -2.10. The van der Waals surface area contributed by atoms with E-state index in [9.17, 15) is 5.11 Å². The Morgan fingerprint density at radius 1 is 1.42 bits per heavy atom. The smallest absolute Gasteiger partial charge is 0.119 e. The molecule has 3 rings (SSSR count). The van der Waals surface area contributed by atoms with Gasteiger partial charge in [-0.3, -0.25) is 0 Å². The largest absolute Gasteiger partial charge is 0.492 e. The summed E-state index contributed by atoms with van der Waals surface area (Å²) in [6.07, 6.45) is 8.12. The number of hydrogen-bond donors (Lipinski definition) is 1. The first-order valence-electron chi connectivity index (χ1n) is 6.72. The second-order valence-corrected chi connectivity index (χ2v) is 4.92. The van der Waals surface area contributed by atoms with Crippen molar-refractivity contribution >= 4 is 0 Å². The van der Waals surface area contributed by atoms with E-state index in [-0.39, 0.29) is 6.10 Å². The highest BCUT2D eigenvalue weighted by Crippen LogP contribution is 2.31. The maximum atomic E-state index is 9.90. The Morgan fingerprint density at radius 2 is 2.37 bits per heavy atom. The summed E-state index contributed by atoms with van der Waals surface area (Å²) in [5, 5.41) is 9.90. The topological polar surface area (TPSA) is 47.3 Å². The molecule has 1 heterocycles. The number of aryl methyl sites for hydroxylation is 1. The molecule has 1 aliphatic carbocycles. The second-order valence-electron chi connectivity index (χ2n) is 4.92. The Morgan fingerprint density at radius 3 is 3.21 bits per heavy atom. The molecule has 1 atom stereocenters. The first-order chi connectivity index (χ1) is 9.33. The van der Waals surface area contributed by atoms with Crippen molar-refractivity contribution in [2.24, 2.45) is 0 Å². The minimum atomic E-state index is -0.302. The van der Waals surface area contributed by atoms with E-state index in [1.165, 1.54) is 5.56 Å². The lowest BCUT2D eigenvalue weighted by Gasteiger charge is -2.21. The van der Waals surface area contributed by atoms with Crippen LogP contribution in [0.15, 0.2) is 36.9 Å². The minimum absolute atomic E-state index is 0.302. The predicted molar refractivity (Wildman–Crippen MR) is 72.1 cm³/mol. The first kappa shape index (κ1) is 12.2. The van der Waals surface area contributed by atoms with Crippen LogP contribution < -0.4 is 4.74 Å². The van der Waals surface area contributed by atoms with Crippen LogP contribution in [-0.2, 0) is 13.0 Å². The molecule has 0 fully saturated rings. The summed E-state index contributed by atoms with van der Waals surface area (Å²) in [5.74, 6) is 0.882. The van der Waals surface area contributed by atoms with Crippen molar-refractivity contribution in [3.8, 4) is 5.75 Å². The number of aliphatic hydroxyl groups is 1. The molecule has 2 aromatic rings. The summed E-state index contributed by atoms with van der Waals surface area (Å²) in [7, 11) is 0. The fourth-order valence-electron chi connectivity index (χ4n) is 2.54. The van der Waals surface area contributed by atoms with Crippen LogP contribution in [0.2, 0.25) is 0 Å². The van der Waals surface area contributed by atoms with Crippen LogP contribution in [0.25, 0.3) is 0 Å². The summed E-state index contributed by atoms with van der Waals surface area (Å²) in [6.45, 7) is 1.41. The summed E-state index contributed by atoms with van der Waals surface area (Å²) in [5.41, 5.74) is 2.28. The molecule has 0 radical (unpaired) electrons. The zero-order valence-corrected chi connectivity index (χ0v) is 10.8. The van der Waals surface area contributed by atoms with Crippen LogP contribution in [0, 0.1) is 0 Å². The molecule has 0 aliphatic heterocycles. The van der Waals surface area contributed by atoms with E-state index in [1.54, 1.807) is 12.5 Å². The van der Waals surface area contributed by atoms with Crippen LogP contribution in [0.3, 0.4) is 0 Å². The standard InChI is InChI=1S/C15H18N2O2/c18-15-3-1-2-12-10-13(4-5-14(12)15)19-9-8-17-7-6-16-11-17/h4-7,10-11,15,18H,1-3,8-9H2. The van der Waals surface area contributed by atoms with Gasteiger partial charge in [-0.05, 0) is 42.5 Å².